The van der Waals surface area contributed by atoms with Gasteiger partial charge in [0.05, 0.1) is 7.11 Å². The molecule has 2 aromatic heterocycles. The van der Waals surface area contributed by atoms with Crippen molar-refractivity contribution in [3.8, 4) is 28.3 Å². The number of methoxy groups -OCH3 is 1. The van der Waals surface area contributed by atoms with Gasteiger partial charge in [-0.05, 0) is 53.9 Å². The van der Waals surface area contributed by atoms with Gasteiger partial charge < -0.3 is 10.1 Å². The van der Waals surface area contributed by atoms with E-state index in [1.54, 1.807) is 25.6 Å². The van der Waals surface area contributed by atoms with Gasteiger partial charge in [0.15, 0.2) is 17.5 Å². The third-order valence-corrected chi connectivity index (χ3v) is 4.98. The molecule has 5 nitrogen and oxygen atoms in total. The van der Waals surface area contributed by atoms with Crippen molar-refractivity contribution < 1.29 is 13.5 Å². The summed E-state index contributed by atoms with van der Waals surface area (Å²) in [5.41, 5.74) is 2.63. The third-order valence-electron chi connectivity index (χ3n) is 4.98. The van der Waals surface area contributed by atoms with E-state index in [4.69, 9.17) is 14.7 Å². The van der Waals surface area contributed by atoms with E-state index in [1.165, 1.54) is 12.1 Å². The SMILES string of the molecule is CCCCNc1nc(-c2cccnc2)nc2c(OC)cc(-c3ccc(F)c(F)c3)cc12. The Morgan fingerprint density at radius 2 is 1.84 bits per heavy atom. The average molecular weight is 420 g/mol. The molecule has 0 amide bonds. The molecule has 2 heterocycles. The largest absolute Gasteiger partial charge is 0.494 e. The van der Waals surface area contributed by atoms with Crippen molar-refractivity contribution in [1.29, 1.82) is 0 Å². The van der Waals surface area contributed by atoms with Crippen LogP contribution in [0.3, 0.4) is 0 Å². The smallest absolute Gasteiger partial charge is 0.163 e. The lowest BCUT2D eigenvalue weighted by molar-refractivity contribution is 0.419. The number of nitrogens with zero attached hydrogens (tertiary/aromatic N) is 3. The molecule has 1 N–H and O–H groups in total. The average Bonchev–Trinajstić information content (AvgIpc) is 2.80. The number of halogens is 2. The molecule has 0 bridgehead atoms. The Kier molecular flexibility index (Phi) is 6.02. The highest BCUT2D eigenvalue weighted by molar-refractivity contribution is 5.97. The number of fused-ring (bicyclic) bond motifs is 1. The zero-order chi connectivity index (χ0) is 21.8. The molecule has 0 fully saturated rings. The number of anilines is 1. The Labute approximate surface area is 179 Å². The van der Waals surface area contributed by atoms with Gasteiger partial charge in [-0.2, -0.15) is 0 Å². The van der Waals surface area contributed by atoms with Crippen LogP contribution in [0.25, 0.3) is 33.4 Å². The predicted octanol–water partition coefficient (Wildman–Crippen LogP) is 5.86. The fourth-order valence-corrected chi connectivity index (χ4v) is 3.34. The van der Waals surface area contributed by atoms with Gasteiger partial charge in [-0.1, -0.05) is 19.4 Å². The molecule has 0 spiro atoms. The second-order valence-corrected chi connectivity index (χ2v) is 7.12. The maximum Gasteiger partial charge on any atom is 0.163 e. The molecule has 0 aliphatic carbocycles. The van der Waals surface area contributed by atoms with Crippen molar-refractivity contribution in [2.45, 2.75) is 19.8 Å². The molecule has 0 saturated carbocycles. The van der Waals surface area contributed by atoms with Crippen molar-refractivity contribution in [2.24, 2.45) is 0 Å². The van der Waals surface area contributed by atoms with E-state index < -0.39 is 11.6 Å². The zero-order valence-electron chi connectivity index (χ0n) is 17.3. The summed E-state index contributed by atoms with van der Waals surface area (Å²) in [5, 5.41) is 4.13. The highest BCUT2D eigenvalue weighted by Gasteiger charge is 2.16. The molecule has 4 aromatic rings. The monoisotopic (exact) mass is 420 g/mol. The van der Waals surface area contributed by atoms with E-state index in [0.717, 1.165) is 36.4 Å². The second-order valence-electron chi connectivity index (χ2n) is 7.12. The van der Waals surface area contributed by atoms with Gasteiger partial charge >= 0.3 is 0 Å². The van der Waals surface area contributed by atoms with E-state index in [0.29, 0.717) is 34.0 Å². The number of hydrogen-bond acceptors (Lipinski definition) is 5. The molecule has 158 valence electrons. The van der Waals surface area contributed by atoms with E-state index in [1.807, 2.05) is 18.2 Å². The summed E-state index contributed by atoms with van der Waals surface area (Å²) in [6.45, 7) is 2.86. The van der Waals surface area contributed by atoms with Crippen molar-refractivity contribution in [3.63, 3.8) is 0 Å². The van der Waals surface area contributed by atoms with Crippen LogP contribution in [-0.2, 0) is 0 Å². The normalized spacial score (nSPS) is 11.0. The van der Waals surface area contributed by atoms with Crippen LogP contribution < -0.4 is 10.1 Å². The van der Waals surface area contributed by atoms with Crippen LogP contribution in [0.2, 0.25) is 0 Å². The van der Waals surface area contributed by atoms with Gasteiger partial charge in [-0.15, -0.1) is 0 Å². The summed E-state index contributed by atoms with van der Waals surface area (Å²) in [4.78, 5) is 13.6. The topological polar surface area (TPSA) is 59.9 Å². The minimum absolute atomic E-state index is 0.517. The van der Waals surface area contributed by atoms with E-state index in [9.17, 15) is 8.78 Å². The molecule has 7 heteroatoms. The molecule has 31 heavy (non-hydrogen) atoms. The Hall–Kier alpha value is -3.61. The standard InChI is InChI=1S/C24H22F2N4O/c1-3-4-10-28-24-18-11-17(15-7-8-19(25)20(26)12-15)13-21(31-2)22(18)29-23(30-24)16-6-5-9-27-14-16/h5-9,11-14H,3-4,10H2,1-2H3,(H,28,29,30). The molecule has 2 aromatic carbocycles. The van der Waals surface area contributed by atoms with Crippen LogP contribution in [0.15, 0.2) is 54.9 Å². The van der Waals surface area contributed by atoms with Gasteiger partial charge in [-0.25, -0.2) is 18.7 Å². The summed E-state index contributed by atoms with van der Waals surface area (Å²) in [6, 6.07) is 11.2. The number of ether oxygens (including phenoxy) is 1. The van der Waals surface area contributed by atoms with Gasteiger partial charge in [0.1, 0.15) is 17.1 Å². The van der Waals surface area contributed by atoms with Gasteiger partial charge in [0.2, 0.25) is 0 Å². The number of unbranched alkanes of at least 4 members (excludes halogenated alkanes) is 1. The molecule has 0 radical (unpaired) electrons. The lowest BCUT2D eigenvalue weighted by Crippen LogP contribution is -2.06. The van der Waals surface area contributed by atoms with Crippen LogP contribution in [-0.4, -0.2) is 28.6 Å². The highest BCUT2D eigenvalue weighted by atomic mass is 19.2. The maximum atomic E-state index is 13.8. The Morgan fingerprint density at radius 1 is 0.968 bits per heavy atom. The first kappa shape index (κ1) is 20.7. The van der Waals surface area contributed by atoms with Gasteiger partial charge in [0.25, 0.3) is 0 Å². The number of nitrogens with one attached hydrogen (secondary N) is 1. The summed E-state index contributed by atoms with van der Waals surface area (Å²) in [6.07, 6.45) is 5.42. The number of aromatic nitrogens is 3. The lowest BCUT2D eigenvalue weighted by Gasteiger charge is -2.15. The van der Waals surface area contributed by atoms with Crippen molar-refractivity contribution >= 4 is 16.7 Å². The summed E-state index contributed by atoms with van der Waals surface area (Å²) in [5.74, 6) is -0.0919. The Morgan fingerprint density at radius 3 is 2.55 bits per heavy atom. The second kappa shape index (κ2) is 9.04. The van der Waals surface area contributed by atoms with E-state index in [2.05, 4.69) is 17.2 Å². The van der Waals surface area contributed by atoms with Crippen LogP contribution in [0, 0.1) is 11.6 Å². The fourth-order valence-electron chi connectivity index (χ4n) is 3.34. The molecular weight excluding hydrogens is 398 g/mol. The first-order valence-corrected chi connectivity index (χ1v) is 10.1. The summed E-state index contributed by atoms with van der Waals surface area (Å²) < 4.78 is 32.9. The molecule has 0 saturated heterocycles. The van der Waals surface area contributed by atoms with Crippen molar-refractivity contribution in [2.75, 3.05) is 19.0 Å². The number of pyridine rings is 1. The molecule has 0 atom stereocenters. The third kappa shape index (κ3) is 4.30. The van der Waals surface area contributed by atoms with Crippen LogP contribution in [0.5, 0.6) is 5.75 Å². The summed E-state index contributed by atoms with van der Waals surface area (Å²) in [7, 11) is 1.56. The first-order valence-electron chi connectivity index (χ1n) is 10.1. The van der Waals surface area contributed by atoms with E-state index in [-0.39, 0.29) is 0 Å². The predicted molar refractivity (Wildman–Crippen MR) is 118 cm³/mol. The van der Waals surface area contributed by atoms with Gasteiger partial charge in [-0.3, -0.25) is 4.98 Å². The minimum Gasteiger partial charge on any atom is -0.494 e. The number of hydrogen-bond donors (Lipinski definition) is 1. The number of rotatable bonds is 7. The fraction of sp³-hybridized carbons (Fsp3) is 0.208. The molecule has 4 rings (SSSR count). The first-order chi connectivity index (χ1) is 15.1. The number of benzene rings is 2. The summed E-state index contributed by atoms with van der Waals surface area (Å²) >= 11 is 0. The Bertz CT molecular complexity index is 1220. The highest BCUT2D eigenvalue weighted by Crippen LogP contribution is 2.36. The van der Waals surface area contributed by atoms with Gasteiger partial charge in [0, 0.05) is 29.9 Å². The van der Waals surface area contributed by atoms with Crippen molar-refractivity contribution in [1.82, 2.24) is 15.0 Å². The minimum atomic E-state index is -0.902. The quantitative estimate of drug-likeness (QED) is 0.380. The molecule has 0 aliphatic heterocycles. The lowest BCUT2D eigenvalue weighted by atomic mass is 10.0. The molecule has 0 aliphatic rings. The molecular formula is C24H22F2N4O. The maximum absolute atomic E-state index is 13.8. The van der Waals surface area contributed by atoms with Crippen LogP contribution >= 0.6 is 0 Å². The van der Waals surface area contributed by atoms with Crippen molar-refractivity contribution in [3.05, 3.63) is 66.5 Å². The Balaban J connectivity index is 1.92. The van der Waals surface area contributed by atoms with E-state index >= 15 is 0 Å². The zero-order valence-corrected chi connectivity index (χ0v) is 17.3. The van der Waals surface area contributed by atoms with Crippen LogP contribution in [0.1, 0.15) is 19.8 Å². The van der Waals surface area contributed by atoms with Crippen LogP contribution in [0.4, 0.5) is 14.6 Å². The molecule has 0 unspecified atom stereocenters.